The second kappa shape index (κ2) is 52.7. The highest BCUT2D eigenvalue weighted by Crippen LogP contribution is 2.30. The van der Waals surface area contributed by atoms with E-state index in [9.17, 15) is 65.5 Å². The van der Waals surface area contributed by atoms with E-state index >= 15 is 0 Å². The molecule has 4 aromatic carbocycles. The number of primary amides is 2. The zero-order valence-corrected chi connectivity index (χ0v) is 83.5. The highest BCUT2D eigenvalue weighted by molar-refractivity contribution is 6.20. The molecule has 0 bridgehead atoms. The summed E-state index contributed by atoms with van der Waals surface area (Å²) in [6.07, 6.45) is 2.81. The number of carbonyl (C=O) groups excluding carboxylic acids is 10. The Morgan fingerprint density at radius 3 is 1.16 bits per heavy atom. The van der Waals surface area contributed by atoms with Crippen LogP contribution < -0.4 is 55.7 Å². The molecule has 10 amide bonds. The highest BCUT2D eigenvalue weighted by atomic mass is 19.1. The summed E-state index contributed by atoms with van der Waals surface area (Å²) in [5.74, 6) is -5.40. The molecule has 3 aliphatic heterocycles. The molecule has 6 aromatic heterocycles. The number of allylic oxidation sites excluding steroid dienone is 3. The first-order valence-corrected chi connectivity index (χ1v) is 46.9. The first-order valence-electron chi connectivity index (χ1n) is 46.9. The fourth-order valence-corrected chi connectivity index (χ4v) is 14.6. The van der Waals surface area contributed by atoms with Gasteiger partial charge in [0.1, 0.15) is 80.9 Å². The molecule has 1 unspecified atom stereocenters. The van der Waals surface area contributed by atoms with Crippen molar-refractivity contribution in [3.63, 3.8) is 0 Å². The maximum Gasteiger partial charge on any atom is 0.410 e. The van der Waals surface area contributed by atoms with Gasteiger partial charge in [-0.05, 0) is 138 Å². The van der Waals surface area contributed by atoms with Crippen LogP contribution in [0.15, 0.2) is 186 Å². The molecule has 4 aliphatic rings. The first kappa shape index (κ1) is 113. The SMILES string of the molecule is CC(C)(N)C(=O)N[C@H](COCc1cc(F)cc(F)c1)c1nnc2cccc(COC(=O)N3CCOCC3)n12.CC(C)(N)C(=O)N[C@H](COCc1ccccc1)c1nnc2cccc(COC(=O)N3CCOCC3)n12.CN(CC(N)=O)C(=O)OCC1=CC=CC2=NN=C([C@@H](COCc3ccc(F)cc3F)NC(=O)C(C)(C)N)C12.CN(CC(N)=O)C(=O)OCc1cccc2nnc([C@@H](COCc3ccccc3)NC(=O)C(C)(C)N)n12. The number of hydrogen-bond donors (Lipinski definition) is 10. The van der Waals surface area contributed by atoms with Crippen molar-refractivity contribution in [2.75, 3.05) is 113 Å². The summed E-state index contributed by atoms with van der Waals surface area (Å²) in [6, 6.07) is 38.4. The molecule has 9 heterocycles. The lowest BCUT2D eigenvalue weighted by Gasteiger charge is -2.28. The smallest absolute Gasteiger partial charge is 0.410 e. The van der Waals surface area contributed by atoms with Gasteiger partial charge in [0.25, 0.3) is 0 Å². The Bertz CT molecular complexity index is 6390. The average Bonchev–Trinajstić information content (AvgIpc) is 1.65. The van der Waals surface area contributed by atoms with E-state index in [-0.39, 0.29) is 96.2 Å². The molecular formula is C99H123F4N25O20. The van der Waals surface area contributed by atoms with Gasteiger partial charge in [-0.3, -0.25) is 42.0 Å². The lowest BCUT2D eigenvalue weighted by atomic mass is 9.83. The van der Waals surface area contributed by atoms with Crippen LogP contribution in [0.3, 0.4) is 0 Å². The topological polar surface area (TPSA) is 595 Å². The van der Waals surface area contributed by atoms with Gasteiger partial charge in [0, 0.05) is 58.0 Å². The van der Waals surface area contributed by atoms with E-state index < -0.39 is 129 Å². The first-order chi connectivity index (χ1) is 70.4. The number of benzene rings is 4. The van der Waals surface area contributed by atoms with Gasteiger partial charge >= 0.3 is 24.4 Å². The zero-order chi connectivity index (χ0) is 107. The predicted octanol–water partition coefficient (Wildman–Crippen LogP) is 5.97. The van der Waals surface area contributed by atoms with E-state index in [1.165, 1.54) is 34.0 Å². The standard InChI is InChI=1S/2C25H30F2N6O5.C25H32N6O5.C24H31N7O5/c1-25(2,28)23(34)29-20(15-37-13-16-10-17(26)12-18(27)11-16)22-31-30-21-5-3-4-19(33(21)22)14-38-24(35)32-6-8-36-9-7-32;1-25(2,29)23(35)30-19(13-37-11-14-7-8-16(26)9-17(14)27)22-21-15(5-4-6-18(21)31-32-22)12-38-24(36)33(3)10-20(28)34;1-25(2,26)23(32)27-20(17-35-15-18-7-4-3-5-8-18)22-29-28-21-10-6-9-19(31(21)22)16-36-24(33)30-11-13-34-14-12-30;1-24(2,26)22(33)27-18(15-35-13-16-8-5-4-6-9-16)21-29-28-20-11-7-10-17(31(20)21)14-36-23(34)30(3)12-19(25)32/h3-5,10-12,20H,6-9,13-15,28H2,1-2H3,(H,29,34);4-9,19,21H,10-13,29H2,1-3H3,(H2,28,34)(H,30,35);3-10,20H,11-17,26H2,1-2H3,(H,27,32);4-11,18H,12-15,26H2,1-3H3,(H2,25,32)(H,27,33)/t20-;19-,21?;20-;18-/m1111/s1. The second-order valence-electron chi connectivity index (χ2n) is 37.0. The van der Waals surface area contributed by atoms with E-state index in [1.54, 1.807) is 125 Å². The van der Waals surface area contributed by atoms with Gasteiger partial charge in [0.15, 0.2) is 34.4 Å². The van der Waals surface area contributed by atoms with E-state index in [0.717, 1.165) is 51.3 Å². The number of morpholine rings is 2. The Morgan fingerprint density at radius 2 is 0.777 bits per heavy atom. The van der Waals surface area contributed by atoms with Gasteiger partial charge in [-0.2, -0.15) is 10.2 Å². The lowest BCUT2D eigenvalue weighted by Crippen LogP contribution is -2.56. The summed E-state index contributed by atoms with van der Waals surface area (Å²) in [5.41, 5.74) is 36.8. The molecule has 14 rings (SSSR count). The molecule has 2 fully saturated rings. The quantitative estimate of drug-likeness (QED) is 0.0156. The van der Waals surface area contributed by atoms with Crippen molar-refractivity contribution in [2.45, 2.75) is 148 Å². The van der Waals surface area contributed by atoms with Crippen LogP contribution in [0.4, 0.5) is 36.7 Å². The minimum absolute atomic E-state index is 0.00644. The van der Waals surface area contributed by atoms with Crippen LogP contribution in [0.5, 0.6) is 0 Å². The third-order valence-electron chi connectivity index (χ3n) is 22.4. The summed E-state index contributed by atoms with van der Waals surface area (Å²) in [6.45, 7) is 15.8. The highest BCUT2D eigenvalue weighted by Gasteiger charge is 2.40. The summed E-state index contributed by atoms with van der Waals surface area (Å²) in [7, 11) is 2.78. The number of ether oxygens (including phenoxy) is 10. The van der Waals surface area contributed by atoms with Crippen molar-refractivity contribution in [3.05, 3.63) is 256 Å². The molecule has 0 spiro atoms. The third-order valence-corrected chi connectivity index (χ3v) is 22.4. The number of halogens is 4. The Balaban J connectivity index is 0.000000187. The van der Waals surface area contributed by atoms with Gasteiger partial charge in [0.05, 0.1) is 142 Å². The van der Waals surface area contributed by atoms with E-state index in [2.05, 4.69) is 62.1 Å². The number of rotatable bonds is 40. The number of nitrogens with zero attached hydrogens (tertiary/aromatic N) is 15. The predicted molar refractivity (Wildman–Crippen MR) is 527 cm³/mol. The van der Waals surface area contributed by atoms with Crippen molar-refractivity contribution >= 4 is 88.2 Å². The minimum Gasteiger partial charge on any atom is -0.445 e. The molecule has 10 aromatic rings. The van der Waals surface area contributed by atoms with E-state index in [1.807, 2.05) is 72.8 Å². The van der Waals surface area contributed by atoms with Crippen molar-refractivity contribution in [1.82, 2.24) is 84.7 Å². The molecule has 148 heavy (non-hydrogen) atoms. The Kier molecular flexibility index (Phi) is 40.3. The molecule has 2 saturated heterocycles. The number of nitrogens with one attached hydrogen (secondary N) is 4. The molecule has 49 heteroatoms. The maximum absolute atomic E-state index is 14.1. The monoisotopic (exact) mass is 2060 g/mol. The number of nitrogens with two attached hydrogens (primary N) is 6. The van der Waals surface area contributed by atoms with Crippen molar-refractivity contribution in [1.29, 1.82) is 0 Å². The Hall–Kier alpha value is -15.2. The molecule has 5 atom stereocenters. The molecule has 1 aliphatic carbocycles. The largest absolute Gasteiger partial charge is 0.445 e. The summed E-state index contributed by atoms with van der Waals surface area (Å²) in [4.78, 5) is 128. The fraction of sp³-hybridized carbons (Fsp3) is 0.414. The van der Waals surface area contributed by atoms with Crippen molar-refractivity contribution in [2.24, 2.45) is 50.5 Å². The van der Waals surface area contributed by atoms with Crippen molar-refractivity contribution < 1.29 is 113 Å². The molecule has 16 N–H and O–H groups in total. The summed E-state index contributed by atoms with van der Waals surface area (Å²) < 4.78 is 115. The van der Waals surface area contributed by atoms with E-state index in [0.29, 0.717) is 134 Å². The molecular weight excluding hydrogens is 1940 g/mol. The molecule has 45 nitrogen and oxygen atoms in total. The molecule has 792 valence electrons. The average molecular weight is 2060 g/mol. The lowest BCUT2D eigenvalue weighted by molar-refractivity contribution is -0.127. The van der Waals surface area contributed by atoms with Crippen LogP contribution in [-0.4, -0.2) is 276 Å². The van der Waals surface area contributed by atoms with Gasteiger partial charge in [0.2, 0.25) is 35.4 Å². The molecule has 0 saturated carbocycles. The number of hydrogen-bond acceptors (Lipinski definition) is 32. The number of pyridine rings is 3. The number of aromatic nitrogens is 9. The van der Waals surface area contributed by atoms with Gasteiger partial charge < -0.3 is 123 Å². The minimum atomic E-state index is -1.23. The van der Waals surface area contributed by atoms with Crippen LogP contribution in [0, 0.1) is 29.2 Å². The number of carbonyl (C=O) groups is 10. The maximum atomic E-state index is 14.1. The number of likely N-dealkylation sites (N-methyl/N-ethyl adjacent to an activating group) is 2. The van der Waals surface area contributed by atoms with Crippen LogP contribution in [0.25, 0.3) is 16.9 Å². The summed E-state index contributed by atoms with van der Waals surface area (Å²) >= 11 is 0. The van der Waals surface area contributed by atoms with Gasteiger partial charge in [-0.25, -0.2) is 36.7 Å². The number of amides is 10. The zero-order valence-electron chi connectivity index (χ0n) is 83.5. The third kappa shape index (κ3) is 33.1. The van der Waals surface area contributed by atoms with Crippen LogP contribution >= 0.6 is 0 Å². The van der Waals surface area contributed by atoms with Crippen LogP contribution in [-0.2, 0) is 122 Å². The molecule has 0 radical (unpaired) electrons. The normalized spacial score (nSPS) is 14.9. The number of fused-ring (bicyclic) bond motifs is 4. The van der Waals surface area contributed by atoms with Crippen molar-refractivity contribution in [3.8, 4) is 0 Å². The van der Waals surface area contributed by atoms with Crippen LogP contribution in [0.2, 0.25) is 0 Å². The Morgan fingerprint density at radius 1 is 0.412 bits per heavy atom. The van der Waals surface area contributed by atoms with E-state index in [4.69, 9.17) is 81.8 Å². The Labute approximate surface area is 848 Å². The summed E-state index contributed by atoms with van der Waals surface area (Å²) in [5, 5.41) is 45.4. The fourth-order valence-electron chi connectivity index (χ4n) is 14.6. The van der Waals surface area contributed by atoms with Crippen LogP contribution in [0.1, 0.15) is 130 Å². The van der Waals surface area contributed by atoms with Gasteiger partial charge in [-0.15, -0.1) is 30.6 Å². The second-order valence-corrected chi connectivity index (χ2v) is 37.0. The van der Waals surface area contributed by atoms with Gasteiger partial charge in [-0.1, -0.05) is 97.1 Å².